The summed E-state index contributed by atoms with van der Waals surface area (Å²) in [4.78, 5) is 0. The van der Waals surface area contributed by atoms with Crippen LogP contribution in [0, 0.1) is 5.92 Å². The van der Waals surface area contributed by atoms with Crippen LogP contribution < -0.4 is 10.1 Å². The molecule has 0 amide bonds. The predicted octanol–water partition coefficient (Wildman–Crippen LogP) is 7.11. The van der Waals surface area contributed by atoms with Gasteiger partial charge in [-0.3, -0.25) is 0 Å². The van der Waals surface area contributed by atoms with Gasteiger partial charge in [0.05, 0.1) is 4.34 Å². The minimum Gasteiger partial charge on any atom is -0.489 e. The van der Waals surface area contributed by atoms with Crippen LogP contribution in [0.25, 0.3) is 0 Å². The first-order valence-corrected chi connectivity index (χ1v) is 13.9. The topological polar surface area (TPSA) is 55.4 Å². The maximum absolute atomic E-state index is 10.8. The maximum Gasteiger partial charge on any atom is 0.184 e. The van der Waals surface area contributed by atoms with Crippen LogP contribution in [0.4, 0.5) is 0 Å². The van der Waals surface area contributed by atoms with Gasteiger partial charge in [0, 0.05) is 18.5 Å². The number of sulfone groups is 1. The second kappa shape index (κ2) is 13.4. The van der Waals surface area contributed by atoms with Crippen molar-refractivity contribution in [2.24, 2.45) is 5.92 Å². The van der Waals surface area contributed by atoms with E-state index in [4.69, 9.17) is 16.3 Å². The summed E-state index contributed by atoms with van der Waals surface area (Å²) in [6.07, 6.45) is 3.52. The van der Waals surface area contributed by atoms with Crippen LogP contribution >= 0.6 is 22.9 Å². The van der Waals surface area contributed by atoms with E-state index in [-0.39, 0.29) is 0 Å². The number of benzene rings is 2. The molecule has 0 bridgehead atoms. The standard InChI is InChI=1S/C21H27NO.C5H5ClO2S2/c1-4-9-17(2)18(3)22-15-20-12-8-13-21(14-20)23-16-19-10-6-5-7-11-19;1-10(7,8)5-3-2-4(6)9-5/h5-8,10-14,17,22H,3-4,9,15-16H2,1-2H3;2-3H,1H3. The third-order valence-corrected chi connectivity index (χ3v) is 7.95. The van der Waals surface area contributed by atoms with E-state index in [1.165, 1.54) is 30.0 Å². The molecule has 0 aliphatic rings. The highest BCUT2D eigenvalue weighted by Crippen LogP contribution is 2.25. The van der Waals surface area contributed by atoms with Gasteiger partial charge >= 0.3 is 0 Å². The van der Waals surface area contributed by atoms with Gasteiger partial charge in [-0.15, -0.1) is 11.3 Å². The van der Waals surface area contributed by atoms with E-state index in [1.54, 1.807) is 6.07 Å². The van der Waals surface area contributed by atoms with Crippen molar-refractivity contribution in [1.29, 1.82) is 0 Å². The number of allylic oxidation sites excluding steroid dienone is 1. The number of ether oxygens (including phenoxy) is 1. The van der Waals surface area contributed by atoms with Gasteiger partial charge in [-0.05, 0) is 47.7 Å². The smallest absolute Gasteiger partial charge is 0.184 e. The molecule has 1 unspecified atom stereocenters. The van der Waals surface area contributed by atoms with Crippen molar-refractivity contribution in [2.45, 2.75) is 44.0 Å². The average Bonchev–Trinajstić information content (AvgIpc) is 3.25. The second-order valence-electron chi connectivity index (χ2n) is 7.82. The van der Waals surface area contributed by atoms with Gasteiger partial charge in [-0.25, -0.2) is 8.42 Å². The lowest BCUT2D eigenvalue weighted by Crippen LogP contribution is -2.17. The molecule has 7 heteroatoms. The Kier molecular flexibility index (Phi) is 11.0. The predicted molar refractivity (Wildman–Crippen MR) is 140 cm³/mol. The molecular formula is C26H32ClNO3S2. The van der Waals surface area contributed by atoms with E-state index in [9.17, 15) is 8.42 Å². The molecule has 0 saturated carbocycles. The summed E-state index contributed by atoms with van der Waals surface area (Å²) in [6.45, 7) is 9.95. The van der Waals surface area contributed by atoms with Crippen molar-refractivity contribution in [3.63, 3.8) is 0 Å². The lowest BCUT2D eigenvalue weighted by molar-refractivity contribution is 0.306. The summed E-state index contributed by atoms with van der Waals surface area (Å²) in [5.74, 6) is 1.41. The summed E-state index contributed by atoms with van der Waals surface area (Å²) in [5.41, 5.74) is 3.50. The molecule has 0 radical (unpaired) electrons. The van der Waals surface area contributed by atoms with E-state index in [1.807, 2.05) is 30.3 Å². The summed E-state index contributed by atoms with van der Waals surface area (Å²) >= 11 is 6.59. The highest BCUT2D eigenvalue weighted by molar-refractivity contribution is 7.92. The molecule has 0 saturated heterocycles. The first-order valence-electron chi connectivity index (χ1n) is 10.8. The number of hydrogen-bond acceptors (Lipinski definition) is 5. The molecule has 1 aromatic heterocycles. The van der Waals surface area contributed by atoms with E-state index < -0.39 is 9.84 Å². The average molecular weight is 506 g/mol. The Morgan fingerprint density at radius 1 is 1.09 bits per heavy atom. The molecule has 3 rings (SSSR count). The van der Waals surface area contributed by atoms with E-state index in [0.717, 1.165) is 35.6 Å². The fraction of sp³-hybridized carbons (Fsp3) is 0.308. The molecule has 1 atom stereocenters. The molecule has 0 spiro atoms. The van der Waals surface area contributed by atoms with Crippen molar-refractivity contribution in [3.8, 4) is 5.75 Å². The van der Waals surface area contributed by atoms with Crippen LogP contribution in [0.5, 0.6) is 5.75 Å². The summed E-state index contributed by atoms with van der Waals surface area (Å²) < 4.78 is 28.3. The third-order valence-electron chi connectivity index (χ3n) is 4.90. The number of rotatable bonds is 10. The molecule has 33 heavy (non-hydrogen) atoms. The summed E-state index contributed by atoms with van der Waals surface area (Å²) in [7, 11) is -3.05. The zero-order chi connectivity index (χ0) is 24.3. The van der Waals surface area contributed by atoms with Crippen molar-refractivity contribution in [1.82, 2.24) is 5.32 Å². The maximum atomic E-state index is 10.8. The SMILES string of the molecule is C=C(NCc1cccc(OCc2ccccc2)c1)C(C)CCC.CS(=O)(=O)c1ccc(Cl)s1. The van der Waals surface area contributed by atoms with E-state index >= 15 is 0 Å². The quantitative estimate of drug-likeness (QED) is 0.319. The molecule has 178 valence electrons. The lowest BCUT2D eigenvalue weighted by atomic mass is 10.0. The Labute approximate surface area is 207 Å². The summed E-state index contributed by atoms with van der Waals surface area (Å²) in [5, 5.41) is 3.43. The van der Waals surface area contributed by atoms with Gasteiger partial charge in [-0.2, -0.15) is 0 Å². The van der Waals surface area contributed by atoms with Gasteiger partial charge in [0.1, 0.15) is 16.6 Å². The van der Waals surface area contributed by atoms with Crippen LogP contribution in [0.3, 0.4) is 0 Å². The number of thiophene rings is 1. The first-order chi connectivity index (χ1) is 15.7. The Hall–Kier alpha value is -2.28. The zero-order valence-electron chi connectivity index (χ0n) is 19.4. The fourth-order valence-corrected chi connectivity index (χ4v) is 5.08. The Balaban J connectivity index is 0.000000321. The highest BCUT2D eigenvalue weighted by Gasteiger charge is 2.08. The monoisotopic (exact) mass is 505 g/mol. The van der Waals surface area contributed by atoms with Gasteiger partial charge in [0.15, 0.2) is 9.84 Å². The molecular weight excluding hydrogens is 474 g/mol. The number of nitrogens with one attached hydrogen (secondary N) is 1. The molecule has 0 fully saturated rings. The van der Waals surface area contributed by atoms with Crippen LogP contribution in [0.15, 0.2) is 83.2 Å². The van der Waals surface area contributed by atoms with Crippen molar-refractivity contribution >= 4 is 32.8 Å². The van der Waals surface area contributed by atoms with Crippen LogP contribution in [0.2, 0.25) is 4.34 Å². The zero-order valence-corrected chi connectivity index (χ0v) is 21.8. The molecule has 4 nitrogen and oxygen atoms in total. The largest absolute Gasteiger partial charge is 0.489 e. The Morgan fingerprint density at radius 2 is 1.79 bits per heavy atom. The van der Waals surface area contributed by atoms with Crippen molar-refractivity contribution < 1.29 is 13.2 Å². The van der Waals surface area contributed by atoms with Crippen molar-refractivity contribution in [3.05, 3.63) is 94.5 Å². The molecule has 3 aromatic rings. The van der Waals surface area contributed by atoms with Crippen LogP contribution in [-0.4, -0.2) is 14.7 Å². The van der Waals surface area contributed by atoms with Crippen molar-refractivity contribution in [2.75, 3.05) is 6.26 Å². The minimum absolute atomic E-state index is 0.317. The highest BCUT2D eigenvalue weighted by atomic mass is 35.5. The molecule has 2 aromatic carbocycles. The molecule has 1 heterocycles. The fourth-order valence-electron chi connectivity index (χ4n) is 2.98. The lowest BCUT2D eigenvalue weighted by Gasteiger charge is -2.16. The number of halogens is 1. The van der Waals surface area contributed by atoms with Crippen LogP contribution in [0.1, 0.15) is 37.8 Å². The van der Waals surface area contributed by atoms with Gasteiger partial charge in [-0.1, -0.05) is 80.9 Å². The van der Waals surface area contributed by atoms with Gasteiger partial charge < -0.3 is 10.1 Å². The van der Waals surface area contributed by atoms with Crippen LogP contribution in [-0.2, 0) is 23.0 Å². The molecule has 0 aliphatic carbocycles. The number of hydrogen-bond donors (Lipinski definition) is 1. The second-order valence-corrected chi connectivity index (χ2v) is 11.8. The first kappa shape index (κ1) is 27.0. The molecule has 0 aliphatic heterocycles. The minimum atomic E-state index is -3.05. The van der Waals surface area contributed by atoms with Gasteiger partial charge in [0.25, 0.3) is 0 Å². The van der Waals surface area contributed by atoms with E-state index in [0.29, 0.717) is 21.1 Å². The Bertz CT molecular complexity index is 1110. The normalized spacial score (nSPS) is 11.8. The Morgan fingerprint density at radius 3 is 2.36 bits per heavy atom. The van der Waals surface area contributed by atoms with Gasteiger partial charge in [0.2, 0.25) is 0 Å². The summed E-state index contributed by atoms with van der Waals surface area (Å²) in [6, 6.07) is 21.5. The third kappa shape index (κ3) is 10.0. The van der Waals surface area contributed by atoms with E-state index in [2.05, 4.69) is 50.0 Å². The molecule has 1 N–H and O–H groups in total.